The number of aliphatic imine (C=N–C) groups is 1. The number of benzene rings is 2. The number of halogens is 1. The molecule has 1 saturated heterocycles. The normalized spacial score (nSPS) is 18.4. The van der Waals surface area contributed by atoms with Crippen molar-refractivity contribution in [2.24, 2.45) is 10.9 Å². The molecule has 0 aliphatic carbocycles. The van der Waals surface area contributed by atoms with E-state index in [1.54, 1.807) is 12.3 Å². The maximum atomic E-state index is 14.4. The maximum absolute atomic E-state index is 14.4. The van der Waals surface area contributed by atoms with E-state index < -0.39 is 11.7 Å². The van der Waals surface area contributed by atoms with Crippen LogP contribution in [0.25, 0.3) is 0 Å². The van der Waals surface area contributed by atoms with Crippen molar-refractivity contribution in [2.75, 3.05) is 54.9 Å². The molecule has 3 N–H and O–H groups in total. The fourth-order valence-electron chi connectivity index (χ4n) is 5.14. The first-order valence-electron chi connectivity index (χ1n) is 13.7. The molecule has 10 heteroatoms. The van der Waals surface area contributed by atoms with Crippen molar-refractivity contribution in [1.29, 1.82) is 0 Å². The van der Waals surface area contributed by atoms with E-state index in [4.69, 9.17) is 4.74 Å². The summed E-state index contributed by atoms with van der Waals surface area (Å²) in [5.41, 5.74) is 5.02. The first-order chi connectivity index (χ1) is 19.3. The molecular formula is C30H35FN6O3. The maximum Gasteiger partial charge on any atom is 0.255 e. The number of morpholine rings is 1. The SMILES string of the molecule is CCCNC(=O)C1CN2C=CN=C(Nc3cc(NC(=O)c4cc(F)cc(N5CCOCC5)c4)ccc3C)C2=C1C. The summed E-state index contributed by atoms with van der Waals surface area (Å²) in [6, 6.07) is 9.93. The monoisotopic (exact) mass is 546 g/mol. The molecular weight excluding hydrogens is 511 g/mol. The number of hydrogen-bond acceptors (Lipinski definition) is 7. The molecule has 3 aliphatic heterocycles. The van der Waals surface area contributed by atoms with Crippen LogP contribution in [0.1, 0.15) is 36.2 Å². The Morgan fingerprint density at radius 3 is 2.70 bits per heavy atom. The molecule has 9 nitrogen and oxygen atoms in total. The molecule has 0 spiro atoms. The number of carbonyl (C=O) groups excluding carboxylic acids is 2. The van der Waals surface area contributed by atoms with Gasteiger partial charge in [-0.1, -0.05) is 13.0 Å². The number of fused-ring (bicyclic) bond motifs is 1. The van der Waals surface area contributed by atoms with Gasteiger partial charge >= 0.3 is 0 Å². The zero-order valence-corrected chi connectivity index (χ0v) is 23.1. The molecule has 1 unspecified atom stereocenters. The molecule has 0 saturated carbocycles. The van der Waals surface area contributed by atoms with Gasteiger partial charge in [0.05, 0.1) is 24.8 Å². The topological polar surface area (TPSA) is 98.3 Å². The van der Waals surface area contributed by atoms with E-state index >= 15 is 0 Å². The molecule has 3 aliphatic rings. The number of rotatable bonds is 7. The van der Waals surface area contributed by atoms with Crippen LogP contribution in [-0.4, -0.2) is 61.9 Å². The Hall–Kier alpha value is -4.18. The van der Waals surface area contributed by atoms with Crippen molar-refractivity contribution in [2.45, 2.75) is 27.2 Å². The summed E-state index contributed by atoms with van der Waals surface area (Å²) in [6.45, 7) is 9.59. The molecule has 0 bridgehead atoms. The van der Waals surface area contributed by atoms with Crippen molar-refractivity contribution >= 4 is 34.7 Å². The molecule has 0 radical (unpaired) electrons. The second-order valence-electron chi connectivity index (χ2n) is 10.2. The number of anilines is 3. The summed E-state index contributed by atoms with van der Waals surface area (Å²) in [6.07, 6.45) is 4.47. The van der Waals surface area contributed by atoms with Crippen molar-refractivity contribution in [3.63, 3.8) is 0 Å². The summed E-state index contributed by atoms with van der Waals surface area (Å²) >= 11 is 0. The van der Waals surface area contributed by atoms with Crippen molar-refractivity contribution in [1.82, 2.24) is 10.2 Å². The van der Waals surface area contributed by atoms with Crippen LogP contribution in [0.15, 0.2) is 65.1 Å². The largest absolute Gasteiger partial charge is 0.378 e. The van der Waals surface area contributed by atoms with Crippen LogP contribution in [-0.2, 0) is 9.53 Å². The fourth-order valence-corrected chi connectivity index (χ4v) is 5.14. The lowest BCUT2D eigenvalue weighted by Crippen LogP contribution is -2.36. The summed E-state index contributed by atoms with van der Waals surface area (Å²) in [5, 5.41) is 9.30. The van der Waals surface area contributed by atoms with Crippen LogP contribution in [0.5, 0.6) is 0 Å². The summed E-state index contributed by atoms with van der Waals surface area (Å²) in [7, 11) is 0. The number of amides is 2. The third-order valence-electron chi connectivity index (χ3n) is 7.37. The van der Waals surface area contributed by atoms with Gasteiger partial charge in [-0.25, -0.2) is 9.38 Å². The Morgan fingerprint density at radius 2 is 1.93 bits per heavy atom. The van der Waals surface area contributed by atoms with Crippen LogP contribution < -0.4 is 20.9 Å². The number of carbonyl (C=O) groups is 2. The predicted molar refractivity (Wildman–Crippen MR) is 155 cm³/mol. The zero-order valence-electron chi connectivity index (χ0n) is 23.1. The van der Waals surface area contributed by atoms with Gasteiger partial charge in [0.25, 0.3) is 5.91 Å². The lowest BCUT2D eigenvalue weighted by Gasteiger charge is -2.29. The van der Waals surface area contributed by atoms with Crippen LogP contribution in [0.4, 0.5) is 21.5 Å². The first-order valence-corrected chi connectivity index (χ1v) is 13.7. The van der Waals surface area contributed by atoms with E-state index in [9.17, 15) is 14.0 Å². The highest BCUT2D eigenvalue weighted by Gasteiger charge is 2.36. The van der Waals surface area contributed by atoms with Gasteiger partial charge in [-0.05, 0) is 61.7 Å². The summed E-state index contributed by atoms with van der Waals surface area (Å²) in [4.78, 5) is 34.5. The van der Waals surface area contributed by atoms with Crippen molar-refractivity contribution < 1.29 is 18.7 Å². The lowest BCUT2D eigenvalue weighted by molar-refractivity contribution is -0.123. The van der Waals surface area contributed by atoms with E-state index in [0.717, 1.165) is 28.9 Å². The number of nitrogens with zero attached hydrogens (tertiary/aromatic N) is 3. The Morgan fingerprint density at radius 1 is 1.12 bits per heavy atom. The highest BCUT2D eigenvalue weighted by Crippen LogP contribution is 2.33. The standard InChI is InChI=1S/C30H35FN6O3/c1-4-7-33-30(39)25-18-37-9-8-32-28(27(37)20(25)3)35-26-17-23(6-5-19(26)2)34-29(38)21-14-22(31)16-24(15-21)36-10-12-40-13-11-36/h5-6,8-9,14-17,25H,4,7,10-13,18H2,1-3H3,(H,32,35)(H,33,39)(H,34,38). The Balaban J connectivity index is 1.33. The van der Waals surface area contributed by atoms with Crippen LogP contribution >= 0.6 is 0 Å². The van der Waals surface area contributed by atoms with Gasteiger partial charge in [0.15, 0.2) is 5.84 Å². The molecule has 1 fully saturated rings. The van der Waals surface area contributed by atoms with Gasteiger partial charge in [0, 0.05) is 61.2 Å². The fraction of sp³-hybridized carbons (Fsp3) is 0.367. The zero-order chi connectivity index (χ0) is 28.2. The van der Waals surface area contributed by atoms with Gasteiger partial charge in [-0.15, -0.1) is 0 Å². The molecule has 5 rings (SSSR count). The third kappa shape index (κ3) is 5.86. The van der Waals surface area contributed by atoms with Gasteiger partial charge in [0.1, 0.15) is 5.82 Å². The predicted octanol–water partition coefficient (Wildman–Crippen LogP) is 4.25. The average Bonchev–Trinajstić information content (AvgIpc) is 3.30. The second kappa shape index (κ2) is 11.9. The Kier molecular flexibility index (Phi) is 8.16. The van der Waals surface area contributed by atoms with E-state index in [1.807, 2.05) is 55.0 Å². The quantitative estimate of drug-likeness (QED) is 0.481. The molecule has 210 valence electrons. The Labute approximate surface area is 233 Å². The summed E-state index contributed by atoms with van der Waals surface area (Å²) in [5.74, 6) is -0.461. The second-order valence-corrected chi connectivity index (χ2v) is 10.2. The molecule has 1 atom stereocenters. The van der Waals surface area contributed by atoms with Crippen LogP contribution in [0.2, 0.25) is 0 Å². The van der Waals surface area contributed by atoms with Crippen molar-refractivity contribution in [3.8, 4) is 0 Å². The van der Waals surface area contributed by atoms with Gasteiger partial charge in [0.2, 0.25) is 5.91 Å². The Bertz CT molecular complexity index is 1400. The number of amidine groups is 1. The van der Waals surface area contributed by atoms with E-state index in [2.05, 4.69) is 20.9 Å². The van der Waals surface area contributed by atoms with Gasteiger partial charge < -0.3 is 30.5 Å². The third-order valence-corrected chi connectivity index (χ3v) is 7.37. The lowest BCUT2D eigenvalue weighted by atomic mass is 10.0. The van der Waals surface area contributed by atoms with Gasteiger partial charge in [-0.3, -0.25) is 9.59 Å². The average molecular weight is 547 g/mol. The minimum absolute atomic E-state index is 0.0176. The number of hydrogen-bond donors (Lipinski definition) is 3. The van der Waals surface area contributed by atoms with E-state index in [0.29, 0.717) is 56.6 Å². The van der Waals surface area contributed by atoms with Crippen LogP contribution in [0, 0.1) is 18.7 Å². The summed E-state index contributed by atoms with van der Waals surface area (Å²) < 4.78 is 19.8. The number of aryl methyl sites for hydroxylation is 1. The first kappa shape index (κ1) is 27.4. The molecule has 2 amide bonds. The van der Waals surface area contributed by atoms with Crippen LogP contribution in [0.3, 0.4) is 0 Å². The molecule has 40 heavy (non-hydrogen) atoms. The van der Waals surface area contributed by atoms with Gasteiger partial charge in [-0.2, -0.15) is 0 Å². The highest BCUT2D eigenvalue weighted by atomic mass is 19.1. The minimum Gasteiger partial charge on any atom is -0.378 e. The van der Waals surface area contributed by atoms with E-state index in [1.165, 1.54) is 12.1 Å². The highest BCUT2D eigenvalue weighted by molar-refractivity contribution is 6.11. The number of nitrogens with one attached hydrogen (secondary N) is 3. The molecule has 2 aromatic rings. The molecule has 2 aromatic carbocycles. The van der Waals surface area contributed by atoms with E-state index in [-0.39, 0.29) is 17.4 Å². The smallest absolute Gasteiger partial charge is 0.255 e. The number of ether oxygens (including phenoxy) is 1. The minimum atomic E-state index is -0.463. The molecule has 3 heterocycles. The molecule has 0 aromatic heterocycles. The van der Waals surface area contributed by atoms with Crippen molar-refractivity contribution in [3.05, 3.63) is 77.0 Å².